The summed E-state index contributed by atoms with van der Waals surface area (Å²) in [5, 5.41) is 8.54. The van der Waals surface area contributed by atoms with Gasteiger partial charge in [0, 0.05) is 18.0 Å². The normalized spacial score (nSPS) is 9.26. The average Bonchev–Trinajstić information content (AvgIpc) is 2.41. The predicted octanol–water partition coefficient (Wildman–Crippen LogP) is 3.63. The van der Waals surface area contributed by atoms with Crippen LogP contribution in [-0.4, -0.2) is 9.97 Å². The zero-order chi connectivity index (χ0) is 14.4. The van der Waals surface area contributed by atoms with E-state index in [2.05, 4.69) is 9.97 Å². The Hall–Kier alpha value is -2.35. The first-order valence-electron chi connectivity index (χ1n) is 5.80. The Bertz CT molecular complexity index is 578. The molecule has 0 radical (unpaired) electrons. The highest BCUT2D eigenvalue weighted by Gasteiger charge is 2.12. The molecular weight excluding hydrogens is 248 g/mol. The monoisotopic (exact) mass is 261 g/mol. The van der Waals surface area contributed by atoms with E-state index in [1.807, 2.05) is 20.8 Å². The van der Waals surface area contributed by atoms with Crippen LogP contribution in [-0.2, 0) is 0 Å². The molecule has 1 aromatic carbocycles. The lowest BCUT2D eigenvalue weighted by Crippen LogP contribution is -1.95. The number of aromatic nitrogens is 2. The van der Waals surface area contributed by atoms with Crippen molar-refractivity contribution in [2.24, 2.45) is 0 Å². The molecule has 2 rings (SSSR count). The number of nitrogens with zero attached hydrogens (tertiary/aromatic N) is 3. The molecule has 0 unspecified atom stereocenters. The van der Waals surface area contributed by atoms with Crippen molar-refractivity contribution in [1.29, 1.82) is 5.26 Å². The Kier molecular flexibility index (Phi) is 5.07. The van der Waals surface area contributed by atoms with Crippen LogP contribution < -0.4 is 0 Å². The van der Waals surface area contributed by atoms with Gasteiger partial charge < -0.3 is 0 Å². The van der Waals surface area contributed by atoms with E-state index in [-0.39, 0.29) is 11.4 Å². The fourth-order valence-corrected chi connectivity index (χ4v) is 1.35. The SMILES string of the molecule is CC.Cc1cnc(-c2cc(F)c(C#N)c(F)c2)nc1. The number of hydrogen-bond acceptors (Lipinski definition) is 3. The van der Waals surface area contributed by atoms with Crippen LogP contribution >= 0.6 is 0 Å². The van der Waals surface area contributed by atoms with E-state index >= 15 is 0 Å². The summed E-state index contributed by atoms with van der Waals surface area (Å²) in [5.74, 6) is -1.60. The number of rotatable bonds is 1. The topological polar surface area (TPSA) is 49.6 Å². The third-order valence-electron chi connectivity index (χ3n) is 2.19. The molecule has 1 aromatic heterocycles. The van der Waals surface area contributed by atoms with Crippen LogP contribution in [0.5, 0.6) is 0 Å². The lowest BCUT2D eigenvalue weighted by atomic mass is 10.1. The number of hydrogen-bond donors (Lipinski definition) is 0. The highest BCUT2D eigenvalue weighted by Crippen LogP contribution is 2.21. The summed E-state index contributed by atoms with van der Waals surface area (Å²) in [4.78, 5) is 7.92. The van der Waals surface area contributed by atoms with E-state index in [4.69, 9.17) is 5.26 Å². The molecule has 0 atom stereocenters. The lowest BCUT2D eigenvalue weighted by molar-refractivity contribution is 0.577. The van der Waals surface area contributed by atoms with Crippen LogP contribution in [0.15, 0.2) is 24.5 Å². The van der Waals surface area contributed by atoms with E-state index in [1.165, 1.54) is 6.07 Å². The number of halogens is 2. The smallest absolute Gasteiger partial charge is 0.159 e. The fraction of sp³-hybridized carbons (Fsp3) is 0.214. The molecule has 0 aliphatic rings. The Labute approximate surface area is 110 Å². The molecule has 2 aromatic rings. The van der Waals surface area contributed by atoms with Crippen molar-refractivity contribution in [2.75, 3.05) is 0 Å². The molecule has 1 heterocycles. The first-order valence-corrected chi connectivity index (χ1v) is 5.80. The maximum Gasteiger partial charge on any atom is 0.159 e. The van der Waals surface area contributed by atoms with E-state index in [0.29, 0.717) is 0 Å². The van der Waals surface area contributed by atoms with Gasteiger partial charge in [0.1, 0.15) is 23.3 Å². The molecule has 5 heteroatoms. The van der Waals surface area contributed by atoms with Gasteiger partial charge in [0.05, 0.1) is 0 Å². The minimum Gasteiger partial charge on any atom is -0.236 e. The van der Waals surface area contributed by atoms with E-state index in [9.17, 15) is 8.78 Å². The van der Waals surface area contributed by atoms with Gasteiger partial charge in [0.15, 0.2) is 5.82 Å². The fourth-order valence-electron chi connectivity index (χ4n) is 1.35. The summed E-state index contributed by atoms with van der Waals surface area (Å²) >= 11 is 0. The molecule has 0 spiro atoms. The second kappa shape index (κ2) is 6.55. The molecule has 3 nitrogen and oxygen atoms in total. The van der Waals surface area contributed by atoms with Crippen LogP contribution in [0.3, 0.4) is 0 Å². The van der Waals surface area contributed by atoms with Crippen molar-refractivity contribution >= 4 is 0 Å². The van der Waals surface area contributed by atoms with Gasteiger partial charge >= 0.3 is 0 Å². The average molecular weight is 261 g/mol. The molecule has 0 fully saturated rings. The minimum absolute atomic E-state index is 0.207. The van der Waals surface area contributed by atoms with Crippen LogP contribution in [0.25, 0.3) is 11.4 Å². The van der Waals surface area contributed by atoms with Gasteiger partial charge in [-0.25, -0.2) is 18.7 Å². The van der Waals surface area contributed by atoms with Gasteiger partial charge in [-0.15, -0.1) is 0 Å². The lowest BCUT2D eigenvalue weighted by Gasteiger charge is -2.02. The molecule has 0 aliphatic heterocycles. The van der Waals surface area contributed by atoms with Crippen molar-refractivity contribution in [3.8, 4) is 17.5 Å². The second-order valence-electron chi connectivity index (χ2n) is 3.51. The van der Waals surface area contributed by atoms with Crippen LogP contribution in [0.1, 0.15) is 25.0 Å². The molecule has 0 saturated heterocycles. The third-order valence-corrected chi connectivity index (χ3v) is 2.19. The van der Waals surface area contributed by atoms with E-state index in [0.717, 1.165) is 17.7 Å². The van der Waals surface area contributed by atoms with Crippen molar-refractivity contribution in [1.82, 2.24) is 9.97 Å². The van der Waals surface area contributed by atoms with Crippen molar-refractivity contribution in [2.45, 2.75) is 20.8 Å². The second-order valence-corrected chi connectivity index (χ2v) is 3.51. The highest BCUT2D eigenvalue weighted by molar-refractivity contribution is 5.57. The van der Waals surface area contributed by atoms with Crippen LogP contribution in [0, 0.1) is 29.9 Å². The number of aryl methyl sites for hydroxylation is 1. The molecule has 19 heavy (non-hydrogen) atoms. The molecule has 98 valence electrons. The molecule has 0 N–H and O–H groups in total. The molecule has 0 bridgehead atoms. The van der Waals surface area contributed by atoms with Crippen molar-refractivity contribution in [3.63, 3.8) is 0 Å². The summed E-state index contributed by atoms with van der Waals surface area (Å²) in [6, 6.07) is 3.56. The zero-order valence-corrected chi connectivity index (χ0v) is 10.9. The Morgan fingerprint density at radius 1 is 1.05 bits per heavy atom. The minimum atomic E-state index is -0.910. The standard InChI is InChI=1S/C12H7F2N3.C2H6/c1-7-5-16-12(17-6-7)8-2-10(13)9(4-15)11(14)3-8;1-2/h2-3,5-6H,1H3;1-2H3. The van der Waals surface area contributed by atoms with Gasteiger partial charge in [0.2, 0.25) is 0 Å². The Balaban J connectivity index is 0.000000861. The number of nitriles is 1. The molecular formula is C14H13F2N3. The predicted molar refractivity (Wildman–Crippen MR) is 68.2 cm³/mol. The summed E-state index contributed by atoms with van der Waals surface area (Å²) in [6.07, 6.45) is 3.10. The first kappa shape index (κ1) is 14.7. The van der Waals surface area contributed by atoms with Crippen LogP contribution in [0.4, 0.5) is 8.78 Å². The van der Waals surface area contributed by atoms with Gasteiger partial charge in [-0.05, 0) is 24.6 Å². The molecule has 0 amide bonds. The summed E-state index contributed by atoms with van der Waals surface area (Å²) in [5.41, 5.74) is 0.461. The maximum atomic E-state index is 13.4. The van der Waals surface area contributed by atoms with E-state index in [1.54, 1.807) is 12.4 Å². The summed E-state index contributed by atoms with van der Waals surface area (Å²) in [7, 11) is 0. The van der Waals surface area contributed by atoms with Crippen molar-refractivity contribution in [3.05, 3.63) is 47.3 Å². The Morgan fingerprint density at radius 2 is 1.53 bits per heavy atom. The Morgan fingerprint density at radius 3 is 1.95 bits per heavy atom. The molecule has 0 aliphatic carbocycles. The largest absolute Gasteiger partial charge is 0.236 e. The van der Waals surface area contributed by atoms with Gasteiger partial charge in [-0.3, -0.25) is 0 Å². The van der Waals surface area contributed by atoms with Crippen LogP contribution in [0.2, 0.25) is 0 Å². The summed E-state index contributed by atoms with van der Waals surface area (Å²) < 4.78 is 26.7. The van der Waals surface area contributed by atoms with Gasteiger partial charge in [0.25, 0.3) is 0 Å². The first-order chi connectivity index (χ1) is 9.11. The van der Waals surface area contributed by atoms with Gasteiger partial charge in [-0.2, -0.15) is 5.26 Å². The van der Waals surface area contributed by atoms with Crippen molar-refractivity contribution < 1.29 is 8.78 Å². The third kappa shape index (κ3) is 3.32. The maximum absolute atomic E-state index is 13.4. The van der Waals surface area contributed by atoms with E-state index < -0.39 is 17.2 Å². The summed E-state index contributed by atoms with van der Waals surface area (Å²) in [6.45, 7) is 5.81. The molecule has 0 saturated carbocycles. The highest BCUT2D eigenvalue weighted by atomic mass is 19.1. The van der Waals surface area contributed by atoms with Gasteiger partial charge in [-0.1, -0.05) is 13.8 Å². The quantitative estimate of drug-likeness (QED) is 0.787. The number of benzene rings is 1. The zero-order valence-electron chi connectivity index (χ0n) is 10.9.